The number of hydrogen-bond acceptors (Lipinski definition) is 3. The average Bonchev–Trinajstić information content (AvgIpc) is 2.83. The molecular weight excluding hydrogens is 265 g/mol. The summed E-state index contributed by atoms with van der Waals surface area (Å²) in [6, 6.07) is 6.89. The number of methoxy groups -OCH3 is 1. The van der Waals surface area contributed by atoms with Crippen molar-refractivity contribution in [2.75, 3.05) is 20.2 Å². The Bertz CT molecular complexity index is 534. The number of ether oxygens (including phenoxy) is 1. The van der Waals surface area contributed by atoms with Gasteiger partial charge in [0.25, 0.3) is 5.91 Å². The lowest BCUT2D eigenvalue weighted by atomic mass is 10.1. The maximum atomic E-state index is 14.0. The number of carbonyl (C=O) groups is 2. The van der Waals surface area contributed by atoms with Crippen LogP contribution in [0.5, 0.6) is 0 Å². The van der Waals surface area contributed by atoms with Gasteiger partial charge >= 0.3 is 5.97 Å². The van der Waals surface area contributed by atoms with Gasteiger partial charge in [0, 0.05) is 25.6 Å². The molecule has 1 amide bonds. The number of likely N-dealkylation sites (tertiary alicyclic amines) is 1. The van der Waals surface area contributed by atoms with Gasteiger partial charge in [-0.05, 0) is 11.6 Å². The second-order valence-electron chi connectivity index (χ2n) is 4.84. The molecule has 1 N–H and O–H groups in total. The Morgan fingerprint density at radius 1 is 1.45 bits per heavy atom. The molecule has 0 radical (unpaired) electrons. The summed E-state index contributed by atoms with van der Waals surface area (Å²) in [6.07, 6.45) is -0.180. The highest BCUT2D eigenvalue weighted by atomic mass is 19.1. The standard InChI is InChI=1S/C14H16FNO4/c1-20-8-10-4-2-3-5-11(10)12(17)16-7-6-14(15,9-16)13(18)19/h2-5H,6-9H2,1H3,(H,18,19). The second kappa shape index (κ2) is 5.58. The summed E-state index contributed by atoms with van der Waals surface area (Å²) < 4.78 is 19.0. The normalized spacial score (nSPS) is 22.0. The number of nitrogens with zero attached hydrogens (tertiary/aromatic N) is 1. The maximum Gasteiger partial charge on any atom is 0.343 e. The van der Waals surface area contributed by atoms with Crippen molar-refractivity contribution in [1.82, 2.24) is 4.90 Å². The summed E-state index contributed by atoms with van der Waals surface area (Å²) in [7, 11) is 1.52. The van der Waals surface area contributed by atoms with Crippen molar-refractivity contribution in [2.45, 2.75) is 18.7 Å². The molecule has 1 unspecified atom stereocenters. The van der Waals surface area contributed by atoms with E-state index in [1.54, 1.807) is 24.3 Å². The van der Waals surface area contributed by atoms with Gasteiger partial charge in [-0.2, -0.15) is 0 Å². The third-order valence-electron chi connectivity index (χ3n) is 3.44. The molecule has 1 aliphatic heterocycles. The minimum atomic E-state index is -2.34. The van der Waals surface area contributed by atoms with Crippen molar-refractivity contribution < 1.29 is 23.8 Å². The molecule has 0 spiro atoms. The lowest BCUT2D eigenvalue weighted by Gasteiger charge is -2.19. The summed E-state index contributed by atoms with van der Waals surface area (Å²) in [5.74, 6) is -1.88. The SMILES string of the molecule is COCc1ccccc1C(=O)N1CCC(F)(C(=O)O)C1. The number of alkyl halides is 1. The maximum absolute atomic E-state index is 14.0. The smallest absolute Gasteiger partial charge is 0.343 e. The molecule has 1 fully saturated rings. The first-order valence-electron chi connectivity index (χ1n) is 6.26. The molecule has 2 rings (SSSR count). The molecule has 1 heterocycles. The van der Waals surface area contributed by atoms with Crippen LogP contribution in [0.2, 0.25) is 0 Å². The highest BCUT2D eigenvalue weighted by Gasteiger charge is 2.47. The fourth-order valence-corrected chi connectivity index (χ4v) is 2.30. The fourth-order valence-electron chi connectivity index (χ4n) is 2.30. The van der Waals surface area contributed by atoms with E-state index in [0.29, 0.717) is 11.1 Å². The number of hydrogen-bond donors (Lipinski definition) is 1. The van der Waals surface area contributed by atoms with E-state index in [1.807, 2.05) is 0 Å². The molecule has 1 aliphatic rings. The molecule has 1 aromatic carbocycles. The Kier molecular flexibility index (Phi) is 4.04. The predicted octanol–water partition coefficient (Wildman–Crippen LogP) is 1.47. The van der Waals surface area contributed by atoms with Crippen LogP contribution in [0.3, 0.4) is 0 Å². The minimum absolute atomic E-state index is 0.100. The van der Waals surface area contributed by atoms with Crippen LogP contribution in [0.25, 0.3) is 0 Å². The van der Waals surface area contributed by atoms with E-state index in [4.69, 9.17) is 9.84 Å². The van der Waals surface area contributed by atoms with E-state index in [9.17, 15) is 14.0 Å². The third kappa shape index (κ3) is 2.65. The molecule has 20 heavy (non-hydrogen) atoms. The van der Waals surface area contributed by atoms with Gasteiger partial charge in [0.2, 0.25) is 5.67 Å². The van der Waals surface area contributed by atoms with Gasteiger partial charge in [0.05, 0.1) is 13.2 Å². The highest BCUT2D eigenvalue weighted by Crippen LogP contribution is 2.27. The Labute approximate surface area is 116 Å². The van der Waals surface area contributed by atoms with E-state index in [0.717, 1.165) is 0 Å². The van der Waals surface area contributed by atoms with Crippen LogP contribution < -0.4 is 0 Å². The molecule has 0 bridgehead atoms. The van der Waals surface area contributed by atoms with Gasteiger partial charge in [0.1, 0.15) is 0 Å². The summed E-state index contributed by atoms with van der Waals surface area (Å²) >= 11 is 0. The van der Waals surface area contributed by atoms with E-state index >= 15 is 0 Å². The Hall–Kier alpha value is -1.95. The number of carboxylic acid groups (broad SMARTS) is 1. The topological polar surface area (TPSA) is 66.8 Å². The zero-order valence-corrected chi connectivity index (χ0v) is 11.1. The Morgan fingerprint density at radius 3 is 2.75 bits per heavy atom. The number of amides is 1. The summed E-state index contributed by atoms with van der Waals surface area (Å²) in [5, 5.41) is 8.85. The summed E-state index contributed by atoms with van der Waals surface area (Å²) in [5.41, 5.74) is -1.22. The van der Waals surface area contributed by atoms with E-state index in [-0.39, 0.29) is 25.5 Å². The van der Waals surface area contributed by atoms with E-state index in [1.165, 1.54) is 12.0 Å². The lowest BCUT2D eigenvalue weighted by molar-refractivity contribution is -0.149. The molecule has 0 aliphatic carbocycles. The molecule has 6 heteroatoms. The summed E-state index contributed by atoms with van der Waals surface area (Å²) in [4.78, 5) is 24.5. The van der Waals surface area contributed by atoms with Crippen LogP contribution >= 0.6 is 0 Å². The van der Waals surface area contributed by atoms with Crippen LogP contribution in [0.15, 0.2) is 24.3 Å². The van der Waals surface area contributed by atoms with Crippen molar-refractivity contribution in [2.24, 2.45) is 0 Å². The molecule has 0 saturated carbocycles. The number of carbonyl (C=O) groups excluding carboxylic acids is 1. The monoisotopic (exact) mass is 281 g/mol. The first-order chi connectivity index (χ1) is 9.48. The Balaban J connectivity index is 2.19. The molecule has 108 valence electrons. The number of benzene rings is 1. The van der Waals surface area contributed by atoms with Crippen LogP contribution in [-0.4, -0.2) is 47.8 Å². The Morgan fingerprint density at radius 2 is 2.15 bits per heavy atom. The van der Waals surface area contributed by atoms with Crippen molar-refractivity contribution in [3.63, 3.8) is 0 Å². The average molecular weight is 281 g/mol. The van der Waals surface area contributed by atoms with Crippen LogP contribution in [-0.2, 0) is 16.1 Å². The largest absolute Gasteiger partial charge is 0.479 e. The number of carboxylic acids is 1. The predicted molar refractivity (Wildman–Crippen MR) is 69.2 cm³/mol. The molecule has 1 atom stereocenters. The van der Waals surface area contributed by atoms with Crippen molar-refractivity contribution in [3.8, 4) is 0 Å². The van der Waals surface area contributed by atoms with Crippen LogP contribution in [0.1, 0.15) is 22.3 Å². The zero-order valence-electron chi connectivity index (χ0n) is 11.1. The molecular formula is C14H16FNO4. The first kappa shape index (κ1) is 14.5. The van der Waals surface area contributed by atoms with Crippen molar-refractivity contribution >= 4 is 11.9 Å². The fraction of sp³-hybridized carbons (Fsp3) is 0.429. The number of aliphatic carboxylic acids is 1. The van der Waals surface area contributed by atoms with Gasteiger partial charge in [-0.1, -0.05) is 18.2 Å². The van der Waals surface area contributed by atoms with Gasteiger partial charge in [-0.15, -0.1) is 0 Å². The minimum Gasteiger partial charge on any atom is -0.479 e. The van der Waals surface area contributed by atoms with E-state index in [2.05, 4.69) is 0 Å². The zero-order chi connectivity index (χ0) is 14.8. The second-order valence-corrected chi connectivity index (χ2v) is 4.84. The van der Waals surface area contributed by atoms with Gasteiger partial charge in [0.15, 0.2) is 0 Å². The number of rotatable bonds is 4. The van der Waals surface area contributed by atoms with Gasteiger partial charge in [-0.3, -0.25) is 4.79 Å². The van der Waals surface area contributed by atoms with Crippen molar-refractivity contribution in [3.05, 3.63) is 35.4 Å². The molecule has 1 aromatic rings. The lowest BCUT2D eigenvalue weighted by Crippen LogP contribution is -2.39. The van der Waals surface area contributed by atoms with Crippen molar-refractivity contribution in [1.29, 1.82) is 0 Å². The van der Waals surface area contributed by atoms with E-state index < -0.39 is 18.2 Å². The first-order valence-corrected chi connectivity index (χ1v) is 6.26. The third-order valence-corrected chi connectivity index (χ3v) is 3.44. The molecule has 1 saturated heterocycles. The van der Waals surface area contributed by atoms with Crippen LogP contribution in [0, 0.1) is 0 Å². The summed E-state index contributed by atoms with van der Waals surface area (Å²) in [6.45, 7) is -0.0408. The van der Waals surface area contributed by atoms with Crippen LogP contribution in [0.4, 0.5) is 4.39 Å². The molecule has 0 aromatic heterocycles. The van der Waals surface area contributed by atoms with Gasteiger partial charge in [-0.25, -0.2) is 9.18 Å². The highest BCUT2D eigenvalue weighted by molar-refractivity contribution is 5.96. The molecule has 5 nitrogen and oxygen atoms in total. The number of halogens is 1. The quantitative estimate of drug-likeness (QED) is 0.907. The van der Waals surface area contributed by atoms with Gasteiger partial charge < -0.3 is 14.7 Å².